The Kier molecular flexibility index (Phi) is 6.27. The third-order valence-electron chi connectivity index (χ3n) is 4.90. The minimum Gasteiger partial charge on any atom is -0.323 e. The smallest absolute Gasteiger partial charge is 0.323 e. The summed E-state index contributed by atoms with van der Waals surface area (Å²) < 4.78 is 0. The Morgan fingerprint density at radius 3 is 2.31 bits per heavy atom. The van der Waals surface area contributed by atoms with Gasteiger partial charge in [0.2, 0.25) is 5.91 Å². The van der Waals surface area contributed by atoms with Crippen LogP contribution in [0.3, 0.4) is 0 Å². The van der Waals surface area contributed by atoms with Crippen molar-refractivity contribution in [1.29, 1.82) is 0 Å². The van der Waals surface area contributed by atoms with E-state index in [0.29, 0.717) is 6.42 Å². The highest BCUT2D eigenvalue weighted by atomic mass is 32.2. The Labute approximate surface area is 161 Å². The maximum Gasteiger partial charge on any atom is 0.326 e. The molecule has 0 saturated carbocycles. The molecule has 26 heavy (non-hydrogen) atoms. The summed E-state index contributed by atoms with van der Waals surface area (Å²) in [6, 6.07) is 7.34. The van der Waals surface area contributed by atoms with Crippen molar-refractivity contribution in [2.75, 3.05) is 31.0 Å². The number of thioether (sulfide) groups is 1. The number of aryl methyl sites for hydroxylation is 1. The molecule has 0 aromatic heterocycles. The van der Waals surface area contributed by atoms with E-state index in [1.807, 2.05) is 44.5 Å². The number of carbonyl (C=O) groups is 2. The summed E-state index contributed by atoms with van der Waals surface area (Å²) in [5, 5.41) is 0. The number of anilines is 1. The third kappa shape index (κ3) is 4.00. The van der Waals surface area contributed by atoms with E-state index in [0.717, 1.165) is 17.0 Å². The van der Waals surface area contributed by atoms with Crippen LogP contribution in [0.15, 0.2) is 24.3 Å². The second kappa shape index (κ2) is 7.91. The normalized spacial score (nSPS) is 20.7. The Morgan fingerprint density at radius 1 is 1.23 bits per heavy atom. The first-order valence-corrected chi connectivity index (χ1v) is 10.4. The predicted molar refractivity (Wildman–Crippen MR) is 110 cm³/mol. The van der Waals surface area contributed by atoms with Gasteiger partial charge in [-0.15, -0.1) is 0 Å². The van der Waals surface area contributed by atoms with Gasteiger partial charge in [0, 0.05) is 25.2 Å². The highest BCUT2D eigenvalue weighted by molar-refractivity contribution is 7.98. The van der Waals surface area contributed by atoms with E-state index in [4.69, 9.17) is 0 Å². The second-order valence-electron chi connectivity index (χ2n) is 8.07. The molecule has 2 atom stereocenters. The van der Waals surface area contributed by atoms with Crippen molar-refractivity contribution >= 4 is 29.4 Å². The van der Waals surface area contributed by atoms with Crippen LogP contribution in [-0.4, -0.2) is 60.0 Å². The first kappa shape index (κ1) is 20.6. The molecule has 2 rings (SSSR count). The summed E-state index contributed by atoms with van der Waals surface area (Å²) in [4.78, 5) is 31.5. The molecule has 1 aromatic carbocycles. The fraction of sp³-hybridized carbons (Fsp3) is 0.600. The van der Waals surface area contributed by atoms with Crippen LogP contribution in [0, 0.1) is 12.3 Å². The number of rotatable bonds is 4. The van der Waals surface area contributed by atoms with Gasteiger partial charge in [0.05, 0.1) is 0 Å². The minimum absolute atomic E-state index is 0.0321. The molecular weight excluding hydrogens is 346 g/mol. The van der Waals surface area contributed by atoms with Crippen molar-refractivity contribution in [2.45, 2.75) is 46.3 Å². The van der Waals surface area contributed by atoms with Crippen molar-refractivity contribution in [3.05, 3.63) is 29.8 Å². The lowest BCUT2D eigenvalue weighted by Crippen LogP contribution is -2.54. The van der Waals surface area contributed by atoms with E-state index >= 15 is 0 Å². The van der Waals surface area contributed by atoms with E-state index in [1.54, 1.807) is 33.5 Å². The lowest BCUT2D eigenvalue weighted by Gasteiger charge is -2.40. The number of carbonyl (C=O) groups excluding carboxylic acids is 2. The maximum absolute atomic E-state index is 13.4. The topological polar surface area (TPSA) is 43.9 Å². The fourth-order valence-electron chi connectivity index (χ4n) is 3.61. The molecule has 0 spiro atoms. The Morgan fingerprint density at radius 2 is 1.81 bits per heavy atom. The monoisotopic (exact) mass is 377 g/mol. The van der Waals surface area contributed by atoms with Gasteiger partial charge in [-0.1, -0.05) is 38.5 Å². The first-order valence-electron chi connectivity index (χ1n) is 8.98. The summed E-state index contributed by atoms with van der Waals surface area (Å²) in [7, 11) is 3.59. The SMILES string of the molecule is CSCCC1C(=O)N(C)C(C(C)(C)C)N1C(=O)N(C)c1ccc(C)cc1. The highest BCUT2D eigenvalue weighted by Gasteiger charge is 2.51. The predicted octanol–water partition coefficient (Wildman–Crippen LogP) is 3.82. The van der Waals surface area contributed by atoms with Crippen molar-refractivity contribution in [1.82, 2.24) is 9.80 Å². The van der Waals surface area contributed by atoms with Crippen LogP contribution in [0.1, 0.15) is 32.8 Å². The summed E-state index contributed by atoms with van der Waals surface area (Å²) in [6.45, 7) is 8.24. The summed E-state index contributed by atoms with van der Waals surface area (Å²) in [5.41, 5.74) is 1.75. The van der Waals surface area contributed by atoms with Crippen LogP contribution < -0.4 is 4.90 Å². The van der Waals surface area contributed by atoms with Gasteiger partial charge in [-0.3, -0.25) is 14.6 Å². The summed E-state index contributed by atoms with van der Waals surface area (Å²) in [5.74, 6) is 0.878. The van der Waals surface area contributed by atoms with E-state index in [1.165, 1.54) is 0 Å². The number of hydrogen-bond donors (Lipinski definition) is 0. The van der Waals surface area contributed by atoms with Gasteiger partial charge in [0.25, 0.3) is 0 Å². The zero-order chi connectivity index (χ0) is 19.6. The van der Waals surface area contributed by atoms with Crippen molar-refractivity contribution < 1.29 is 9.59 Å². The van der Waals surface area contributed by atoms with Crippen LogP contribution in [0.25, 0.3) is 0 Å². The Bertz CT molecular complexity index is 654. The van der Waals surface area contributed by atoms with E-state index in [-0.39, 0.29) is 23.5 Å². The molecule has 0 radical (unpaired) electrons. The lowest BCUT2D eigenvalue weighted by atomic mass is 9.91. The lowest BCUT2D eigenvalue weighted by molar-refractivity contribution is -0.129. The molecule has 2 unspecified atom stereocenters. The Hall–Kier alpha value is -1.69. The van der Waals surface area contributed by atoms with Gasteiger partial charge >= 0.3 is 6.03 Å². The number of nitrogens with zero attached hydrogens (tertiary/aromatic N) is 3. The number of likely N-dealkylation sites (N-methyl/N-ethyl adjacent to an activating group) is 1. The molecule has 6 heteroatoms. The average Bonchev–Trinajstić information content (AvgIpc) is 2.83. The van der Waals surface area contributed by atoms with Gasteiger partial charge in [-0.05, 0) is 37.5 Å². The quantitative estimate of drug-likeness (QED) is 0.801. The Balaban J connectivity index is 2.39. The van der Waals surface area contributed by atoms with Crippen LogP contribution >= 0.6 is 11.8 Å². The molecule has 1 fully saturated rings. The van der Waals surface area contributed by atoms with Crippen LogP contribution in [-0.2, 0) is 4.79 Å². The molecule has 0 bridgehead atoms. The number of amides is 3. The molecule has 0 aliphatic carbocycles. The molecule has 1 heterocycles. The van der Waals surface area contributed by atoms with Crippen LogP contribution in [0.4, 0.5) is 10.5 Å². The molecule has 5 nitrogen and oxygen atoms in total. The molecule has 1 aliphatic rings. The molecule has 144 valence electrons. The highest BCUT2D eigenvalue weighted by Crippen LogP contribution is 2.36. The largest absolute Gasteiger partial charge is 0.326 e. The summed E-state index contributed by atoms with van der Waals surface area (Å²) >= 11 is 1.70. The fourth-order valence-corrected chi connectivity index (χ4v) is 4.07. The molecule has 1 aromatic rings. The van der Waals surface area contributed by atoms with Gasteiger partial charge in [-0.2, -0.15) is 11.8 Å². The van der Waals surface area contributed by atoms with Gasteiger partial charge in [0.1, 0.15) is 12.2 Å². The van der Waals surface area contributed by atoms with E-state index < -0.39 is 6.04 Å². The van der Waals surface area contributed by atoms with Crippen LogP contribution in [0.2, 0.25) is 0 Å². The molecule has 0 N–H and O–H groups in total. The minimum atomic E-state index is -0.405. The molecule has 1 saturated heterocycles. The first-order chi connectivity index (χ1) is 12.1. The van der Waals surface area contributed by atoms with Crippen LogP contribution in [0.5, 0.6) is 0 Å². The zero-order valence-electron chi connectivity index (χ0n) is 16.9. The van der Waals surface area contributed by atoms with Crippen molar-refractivity contribution in [2.24, 2.45) is 5.41 Å². The average molecular weight is 378 g/mol. The van der Waals surface area contributed by atoms with Gasteiger partial charge in [0.15, 0.2) is 0 Å². The number of urea groups is 1. The van der Waals surface area contributed by atoms with Crippen molar-refractivity contribution in [3.8, 4) is 0 Å². The van der Waals surface area contributed by atoms with E-state index in [9.17, 15) is 9.59 Å². The number of hydrogen-bond acceptors (Lipinski definition) is 3. The molecule has 3 amide bonds. The maximum atomic E-state index is 13.4. The van der Waals surface area contributed by atoms with Gasteiger partial charge < -0.3 is 4.90 Å². The second-order valence-corrected chi connectivity index (χ2v) is 9.06. The molecule has 1 aliphatic heterocycles. The molecular formula is C20H31N3O2S. The standard InChI is InChI=1S/C20H31N3O2S/c1-14-8-10-15(11-9-14)21(5)19(25)23-16(12-13-26-7)17(24)22(6)18(23)20(2,3)4/h8-11,16,18H,12-13H2,1-7H3. The summed E-state index contributed by atoms with van der Waals surface area (Å²) in [6.07, 6.45) is 2.43. The van der Waals surface area contributed by atoms with Gasteiger partial charge in [-0.25, -0.2) is 4.79 Å². The van der Waals surface area contributed by atoms with Crippen molar-refractivity contribution in [3.63, 3.8) is 0 Å². The van der Waals surface area contributed by atoms with E-state index in [2.05, 4.69) is 20.8 Å². The third-order valence-corrected chi connectivity index (χ3v) is 5.54. The zero-order valence-corrected chi connectivity index (χ0v) is 17.8. The number of benzene rings is 1.